The highest BCUT2D eigenvalue weighted by Crippen LogP contribution is 2.35. The van der Waals surface area contributed by atoms with E-state index in [1.165, 1.54) is 28.9 Å². The average molecular weight is 314 g/mol. The minimum atomic E-state index is -4.53. The number of rotatable bonds is 2. The van der Waals surface area contributed by atoms with Gasteiger partial charge >= 0.3 is 6.18 Å². The molecule has 1 aliphatic rings. The molecule has 0 saturated carbocycles. The molecule has 0 bridgehead atoms. The average Bonchev–Trinajstić information content (AvgIpc) is 2.94. The first-order chi connectivity index (χ1) is 10.4. The van der Waals surface area contributed by atoms with Crippen molar-refractivity contribution < 1.29 is 22.3 Å². The van der Waals surface area contributed by atoms with E-state index in [0.717, 1.165) is 18.9 Å². The molecule has 0 amide bonds. The van der Waals surface area contributed by atoms with Crippen LogP contribution < -0.4 is 0 Å². The molecule has 2 aromatic rings. The van der Waals surface area contributed by atoms with Gasteiger partial charge in [0, 0.05) is 12.2 Å². The van der Waals surface area contributed by atoms with E-state index in [0.29, 0.717) is 18.6 Å². The van der Waals surface area contributed by atoms with Gasteiger partial charge in [-0.2, -0.15) is 18.3 Å². The number of nitrogens with zero attached hydrogens (tertiary/aromatic N) is 2. The predicted molar refractivity (Wildman–Crippen MR) is 71.5 cm³/mol. The lowest BCUT2D eigenvalue weighted by molar-refractivity contribution is -0.142. The zero-order chi connectivity index (χ0) is 15.7. The number of alkyl halides is 3. The number of benzene rings is 1. The molecule has 1 fully saturated rings. The maximum atomic E-state index is 13.0. The Morgan fingerprint density at radius 1 is 1.14 bits per heavy atom. The molecule has 0 aliphatic carbocycles. The second-order valence-corrected chi connectivity index (χ2v) is 5.19. The summed E-state index contributed by atoms with van der Waals surface area (Å²) in [4.78, 5) is 0. The van der Waals surface area contributed by atoms with Crippen LogP contribution in [-0.4, -0.2) is 16.4 Å². The van der Waals surface area contributed by atoms with Crippen molar-refractivity contribution in [2.45, 2.75) is 31.7 Å². The molecule has 1 unspecified atom stereocenters. The fourth-order valence-corrected chi connectivity index (χ4v) is 2.51. The number of aromatic nitrogens is 2. The Kier molecular flexibility index (Phi) is 3.90. The molecule has 1 aliphatic heterocycles. The quantitative estimate of drug-likeness (QED) is 0.768. The number of hydrogen-bond acceptors (Lipinski definition) is 2. The molecule has 3 nitrogen and oxygen atoms in total. The van der Waals surface area contributed by atoms with Crippen molar-refractivity contribution in [2.75, 3.05) is 6.61 Å². The van der Waals surface area contributed by atoms with Crippen LogP contribution in [0.2, 0.25) is 0 Å². The zero-order valence-electron chi connectivity index (χ0n) is 11.6. The minimum absolute atomic E-state index is 0.277. The monoisotopic (exact) mass is 314 g/mol. The summed E-state index contributed by atoms with van der Waals surface area (Å²) in [6.07, 6.45) is -2.70. The van der Waals surface area contributed by atoms with Crippen molar-refractivity contribution in [1.29, 1.82) is 0 Å². The zero-order valence-corrected chi connectivity index (χ0v) is 11.6. The summed E-state index contributed by atoms with van der Waals surface area (Å²) < 4.78 is 58.7. The molecule has 1 aromatic carbocycles. The lowest BCUT2D eigenvalue weighted by Gasteiger charge is -2.24. The molecule has 118 valence electrons. The molecule has 7 heteroatoms. The molecule has 2 heterocycles. The van der Waals surface area contributed by atoms with Crippen molar-refractivity contribution in [3.8, 4) is 11.3 Å². The maximum absolute atomic E-state index is 13.0. The molecule has 1 aromatic heterocycles. The van der Waals surface area contributed by atoms with Gasteiger partial charge in [0.25, 0.3) is 0 Å². The van der Waals surface area contributed by atoms with E-state index in [4.69, 9.17) is 4.74 Å². The lowest BCUT2D eigenvalue weighted by Crippen LogP contribution is -2.20. The van der Waals surface area contributed by atoms with Crippen LogP contribution in [0.4, 0.5) is 17.6 Å². The van der Waals surface area contributed by atoms with E-state index in [-0.39, 0.29) is 5.69 Å². The summed E-state index contributed by atoms with van der Waals surface area (Å²) in [6.45, 7) is 0.495. The Morgan fingerprint density at radius 2 is 1.86 bits per heavy atom. The fourth-order valence-electron chi connectivity index (χ4n) is 2.51. The molecular weight excluding hydrogens is 300 g/mol. The Hall–Kier alpha value is -1.89. The van der Waals surface area contributed by atoms with Crippen LogP contribution in [0.1, 0.15) is 31.2 Å². The summed E-state index contributed by atoms with van der Waals surface area (Å²) in [5.74, 6) is -0.445. The SMILES string of the molecule is Fc1ccc(-c2cc(C(F)(F)F)nn2C2CCCCO2)cc1. The van der Waals surface area contributed by atoms with E-state index < -0.39 is 23.9 Å². The van der Waals surface area contributed by atoms with Gasteiger partial charge in [-0.1, -0.05) is 0 Å². The van der Waals surface area contributed by atoms with E-state index >= 15 is 0 Å². The summed E-state index contributed by atoms with van der Waals surface area (Å²) in [6, 6.07) is 6.27. The smallest absolute Gasteiger partial charge is 0.356 e. The highest BCUT2D eigenvalue weighted by molar-refractivity contribution is 5.60. The summed E-state index contributed by atoms with van der Waals surface area (Å²) in [5.41, 5.74) is -0.223. The first-order valence-electron chi connectivity index (χ1n) is 6.99. The Morgan fingerprint density at radius 3 is 2.45 bits per heavy atom. The second-order valence-electron chi connectivity index (χ2n) is 5.19. The van der Waals surface area contributed by atoms with Crippen molar-refractivity contribution in [2.24, 2.45) is 0 Å². The van der Waals surface area contributed by atoms with Crippen molar-refractivity contribution in [1.82, 2.24) is 9.78 Å². The minimum Gasteiger partial charge on any atom is -0.356 e. The summed E-state index contributed by atoms with van der Waals surface area (Å²) >= 11 is 0. The Labute approximate surface area is 124 Å². The van der Waals surface area contributed by atoms with Crippen LogP contribution in [0.25, 0.3) is 11.3 Å². The highest BCUT2D eigenvalue weighted by Gasteiger charge is 2.36. The number of ether oxygens (including phenoxy) is 1. The van der Waals surface area contributed by atoms with Crippen molar-refractivity contribution >= 4 is 0 Å². The molecule has 0 radical (unpaired) electrons. The van der Waals surface area contributed by atoms with E-state index in [9.17, 15) is 17.6 Å². The summed E-state index contributed by atoms with van der Waals surface area (Å²) in [5, 5.41) is 3.68. The van der Waals surface area contributed by atoms with Gasteiger partial charge in [0.15, 0.2) is 11.9 Å². The standard InChI is InChI=1S/C15H14F4N2O/c16-11-6-4-10(5-7-11)12-9-13(15(17,18)19)20-21(12)14-3-1-2-8-22-14/h4-7,9,14H,1-3,8H2. The van der Waals surface area contributed by atoms with E-state index in [1.54, 1.807) is 0 Å². The molecular formula is C15H14F4N2O. The fraction of sp³-hybridized carbons (Fsp3) is 0.400. The third kappa shape index (κ3) is 2.99. The highest BCUT2D eigenvalue weighted by atomic mass is 19.4. The third-order valence-corrected chi connectivity index (χ3v) is 3.59. The van der Waals surface area contributed by atoms with E-state index in [1.807, 2.05) is 0 Å². The summed E-state index contributed by atoms with van der Waals surface area (Å²) in [7, 11) is 0. The maximum Gasteiger partial charge on any atom is 0.435 e. The first-order valence-corrected chi connectivity index (χ1v) is 6.99. The van der Waals surface area contributed by atoms with Gasteiger partial charge in [0.1, 0.15) is 5.82 Å². The van der Waals surface area contributed by atoms with Crippen LogP contribution in [0, 0.1) is 5.82 Å². The largest absolute Gasteiger partial charge is 0.435 e. The van der Waals surface area contributed by atoms with Gasteiger partial charge in [0.2, 0.25) is 0 Å². The molecule has 0 spiro atoms. The molecule has 1 saturated heterocycles. The number of hydrogen-bond donors (Lipinski definition) is 0. The second kappa shape index (κ2) is 5.72. The van der Waals surface area contributed by atoms with Crippen LogP contribution in [-0.2, 0) is 10.9 Å². The third-order valence-electron chi connectivity index (χ3n) is 3.59. The first kappa shape index (κ1) is 15.0. The Bertz CT molecular complexity index is 643. The van der Waals surface area contributed by atoms with Crippen LogP contribution in [0.3, 0.4) is 0 Å². The molecule has 22 heavy (non-hydrogen) atoms. The molecule has 0 N–H and O–H groups in total. The lowest BCUT2D eigenvalue weighted by atomic mass is 10.1. The van der Waals surface area contributed by atoms with Crippen LogP contribution in [0.15, 0.2) is 30.3 Å². The van der Waals surface area contributed by atoms with Gasteiger partial charge in [-0.05, 0) is 49.6 Å². The van der Waals surface area contributed by atoms with Gasteiger partial charge < -0.3 is 4.74 Å². The molecule has 3 rings (SSSR count). The van der Waals surface area contributed by atoms with Gasteiger partial charge in [0.05, 0.1) is 5.69 Å². The normalized spacial score (nSPS) is 19.4. The topological polar surface area (TPSA) is 27.1 Å². The predicted octanol–water partition coefficient (Wildman–Crippen LogP) is 4.41. The van der Waals surface area contributed by atoms with Gasteiger partial charge in [-0.25, -0.2) is 9.07 Å². The van der Waals surface area contributed by atoms with Crippen molar-refractivity contribution in [3.05, 3.63) is 41.8 Å². The Balaban J connectivity index is 2.05. The van der Waals surface area contributed by atoms with Crippen molar-refractivity contribution in [3.63, 3.8) is 0 Å². The van der Waals surface area contributed by atoms with Gasteiger partial charge in [-0.3, -0.25) is 0 Å². The molecule has 1 atom stereocenters. The van der Waals surface area contributed by atoms with Gasteiger partial charge in [-0.15, -0.1) is 0 Å². The van der Waals surface area contributed by atoms with Crippen LogP contribution >= 0.6 is 0 Å². The van der Waals surface area contributed by atoms with E-state index in [2.05, 4.69) is 5.10 Å². The van der Waals surface area contributed by atoms with Crippen LogP contribution in [0.5, 0.6) is 0 Å². The number of halogens is 4.